The molecule has 0 bridgehead atoms. The molecule has 0 aliphatic heterocycles. The van der Waals surface area contributed by atoms with Crippen molar-refractivity contribution in [1.29, 1.82) is 5.26 Å². The molecule has 0 radical (unpaired) electrons. The number of carbonyl (C=O) groups is 1. The Labute approximate surface area is 221 Å². The van der Waals surface area contributed by atoms with Gasteiger partial charge in [-0.1, -0.05) is 60.5 Å². The Morgan fingerprint density at radius 3 is 1.94 bits per heavy atom. The zero-order valence-corrected chi connectivity index (χ0v) is 21.7. The van der Waals surface area contributed by atoms with E-state index in [9.17, 15) is 18.8 Å². The maximum absolute atomic E-state index is 14.3. The highest BCUT2D eigenvalue weighted by molar-refractivity contribution is 8.21. The number of benzene rings is 3. The molecule has 1 N–H and O–H groups in total. The molecular formula is C26H20Cl2F2N2OS2. The van der Waals surface area contributed by atoms with E-state index < -0.39 is 17.5 Å². The Bertz CT molecular complexity index is 1210. The van der Waals surface area contributed by atoms with E-state index in [1.807, 2.05) is 25.1 Å². The minimum absolute atomic E-state index is 0.0723. The average Bonchev–Trinajstić information content (AvgIpc) is 2.83. The van der Waals surface area contributed by atoms with Crippen LogP contribution in [0.2, 0.25) is 10.0 Å². The number of nitrogens with one attached hydrogen (secondary N) is 1. The molecule has 1 amide bonds. The smallest absolute Gasteiger partial charge is 0.268 e. The molecular weight excluding hydrogens is 529 g/mol. The normalized spacial score (nSPS) is 10.5. The van der Waals surface area contributed by atoms with E-state index in [2.05, 4.69) is 5.32 Å². The second-order valence-electron chi connectivity index (χ2n) is 7.22. The van der Waals surface area contributed by atoms with E-state index in [1.54, 1.807) is 24.3 Å². The van der Waals surface area contributed by atoms with Crippen molar-refractivity contribution in [1.82, 2.24) is 0 Å². The summed E-state index contributed by atoms with van der Waals surface area (Å²) in [7, 11) is 0. The highest BCUT2D eigenvalue weighted by Gasteiger charge is 2.20. The van der Waals surface area contributed by atoms with Crippen LogP contribution in [0.25, 0.3) is 0 Å². The van der Waals surface area contributed by atoms with Crippen molar-refractivity contribution >= 4 is 58.3 Å². The van der Waals surface area contributed by atoms with Crippen LogP contribution in [-0.4, -0.2) is 5.91 Å². The van der Waals surface area contributed by atoms with Crippen LogP contribution < -0.4 is 5.32 Å². The maximum Gasteiger partial charge on any atom is 0.268 e. The van der Waals surface area contributed by atoms with Gasteiger partial charge in [-0.05, 0) is 42.3 Å². The molecule has 0 heterocycles. The predicted molar refractivity (Wildman–Crippen MR) is 142 cm³/mol. The summed E-state index contributed by atoms with van der Waals surface area (Å²) in [6.07, 6.45) is 0.690. The number of aryl methyl sites for hydroxylation is 1. The van der Waals surface area contributed by atoms with Crippen LogP contribution in [0.1, 0.15) is 23.6 Å². The van der Waals surface area contributed by atoms with Crippen molar-refractivity contribution < 1.29 is 13.6 Å². The van der Waals surface area contributed by atoms with Gasteiger partial charge < -0.3 is 5.32 Å². The number of hydrogen-bond donors (Lipinski definition) is 1. The molecule has 0 saturated heterocycles. The Hall–Kier alpha value is -2.50. The van der Waals surface area contributed by atoms with Gasteiger partial charge in [-0.25, -0.2) is 8.78 Å². The first kappa shape index (κ1) is 27.1. The molecule has 0 spiro atoms. The molecule has 0 saturated carbocycles. The molecule has 0 aromatic heterocycles. The van der Waals surface area contributed by atoms with E-state index in [0.29, 0.717) is 16.3 Å². The predicted octanol–water partition coefficient (Wildman–Crippen LogP) is 8.37. The van der Waals surface area contributed by atoms with Gasteiger partial charge >= 0.3 is 0 Å². The Morgan fingerprint density at radius 2 is 1.46 bits per heavy atom. The maximum atomic E-state index is 14.3. The Kier molecular flexibility index (Phi) is 10.1. The van der Waals surface area contributed by atoms with Crippen molar-refractivity contribution in [2.75, 3.05) is 5.32 Å². The number of thioether (sulfide) groups is 2. The van der Waals surface area contributed by atoms with Crippen LogP contribution in [0.5, 0.6) is 0 Å². The second-order valence-corrected chi connectivity index (χ2v) is 10.3. The summed E-state index contributed by atoms with van der Waals surface area (Å²) < 4.78 is 29.0. The first-order chi connectivity index (χ1) is 16.8. The van der Waals surface area contributed by atoms with E-state index in [-0.39, 0.29) is 38.3 Å². The van der Waals surface area contributed by atoms with Crippen molar-refractivity contribution in [3.8, 4) is 6.07 Å². The molecule has 0 aliphatic rings. The number of anilines is 1. The van der Waals surface area contributed by atoms with Crippen LogP contribution in [0.15, 0.2) is 70.5 Å². The van der Waals surface area contributed by atoms with Gasteiger partial charge in [0.25, 0.3) is 5.91 Å². The minimum atomic E-state index is -0.609. The first-order valence-electron chi connectivity index (χ1n) is 10.5. The van der Waals surface area contributed by atoms with Crippen LogP contribution in [0.3, 0.4) is 0 Å². The van der Waals surface area contributed by atoms with Gasteiger partial charge in [-0.2, -0.15) is 5.26 Å². The van der Waals surface area contributed by atoms with Gasteiger partial charge in [-0.15, -0.1) is 23.5 Å². The lowest BCUT2D eigenvalue weighted by Gasteiger charge is -2.14. The van der Waals surface area contributed by atoms with Crippen molar-refractivity contribution in [3.05, 3.63) is 109 Å². The topological polar surface area (TPSA) is 52.9 Å². The molecule has 3 aromatic carbocycles. The van der Waals surface area contributed by atoms with Gasteiger partial charge in [0.05, 0.1) is 4.24 Å². The highest BCUT2D eigenvalue weighted by atomic mass is 35.5. The van der Waals surface area contributed by atoms with E-state index >= 15 is 0 Å². The number of rotatable bonds is 9. The molecule has 3 aromatic rings. The summed E-state index contributed by atoms with van der Waals surface area (Å²) in [5.41, 5.74) is 1.84. The first-order valence-corrected chi connectivity index (χ1v) is 13.2. The fraction of sp³-hybridized carbons (Fsp3) is 0.154. The van der Waals surface area contributed by atoms with Gasteiger partial charge in [0.15, 0.2) is 0 Å². The summed E-state index contributed by atoms with van der Waals surface area (Å²) in [5, 5.41) is 13.1. The molecule has 3 nitrogen and oxygen atoms in total. The minimum Gasteiger partial charge on any atom is -0.321 e. The lowest BCUT2D eigenvalue weighted by molar-refractivity contribution is -0.112. The number of nitrogens with zero attached hydrogens (tertiary/aromatic N) is 1. The summed E-state index contributed by atoms with van der Waals surface area (Å²) >= 11 is 14.5. The SMILES string of the molecule is CCc1ccccc1NC(=O)C(C#N)=C(SCc1c(F)cccc1Cl)SCc1c(F)cccc1Cl. The van der Waals surface area contributed by atoms with Crippen LogP contribution >= 0.6 is 46.7 Å². The molecule has 0 unspecified atom stereocenters. The van der Waals surface area contributed by atoms with Crippen LogP contribution in [-0.2, 0) is 22.7 Å². The molecule has 0 fully saturated rings. The highest BCUT2D eigenvalue weighted by Crippen LogP contribution is 2.39. The third kappa shape index (κ3) is 7.02. The molecule has 0 atom stereocenters. The zero-order chi connectivity index (χ0) is 25.4. The van der Waals surface area contributed by atoms with Crippen LogP contribution in [0.4, 0.5) is 14.5 Å². The summed E-state index contributed by atoms with van der Waals surface area (Å²) in [4.78, 5) is 13.1. The monoisotopic (exact) mass is 548 g/mol. The number of hydrogen-bond acceptors (Lipinski definition) is 4. The Balaban J connectivity index is 1.94. The Morgan fingerprint density at radius 1 is 0.914 bits per heavy atom. The van der Waals surface area contributed by atoms with Crippen molar-refractivity contribution in [2.45, 2.75) is 24.9 Å². The van der Waals surface area contributed by atoms with Crippen molar-refractivity contribution in [2.24, 2.45) is 0 Å². The van der Waals surface area contributed by atoms with E-state index in [1.165, 1.54) is 24.3 Å². The summed E-state index contributed by atoms with van der Waals surface area (Å²) in [6.45, 7) is 1.96. The molecule has 9 heteroatoms. The molecule has 0 aliphatic carbocycles. The van der Waals surface area contributed by atoms with E-state index in [4.69, 9.17) is 23.2 Å². The third-order valence-corrected chi connectivity index (χ3v) is 8.22. The number of amides is 1. The van der Waals surface area contributed by atoms with E-state index in [0.717, 1.165) is 29.1 Å². The number of halogens is 4. The van der Waals surface area contributed by atoms with Gasteiger partial charge in [0.1, 0.15) is 23.3 Å². The van der Waals surface area contributed by atoms with Gasteiger partial charge in [-0.3, -0.25) is 4.79 Å². The van der Waals surface area contributed by atoms with Crippen LogP contribution in [0, 0.1) is 23.0 Å². The lowest BCUT2D eigenvalue weighted by Crippen LogP contribution is -2.15. The van der Waals surface area contributed by atoms with Gasteiger partial charge in [0.2, 0.25) is 0 Å². The quantitative estimate of drug-likeness (QED) is 0.215. The largest absolute Gasteiger partial charge is 0.321 e. The molecule has 180 valence electrons. The van der Waals surface area contributed by atoms with Gasteiger partial charge in [0, 0.05) is 38.4 Å². The second kappa shape index (κ2) is 13.0. The standard InChI is InChI=1S/C26H20Cl2F2N2OS2/c1-2-16-7-3-4-12-24(16)32-25(33)17(13-31)26(34-14-18-20(27)8-5-10-22(18)29)35-15-19-21(28)9-6-11-23(19)30/h3-12H,2,14-15H2,1H3,(H,32,33). The number of nitriles is 1. The summed E-state index contributed by atoms with van der Waals surface area (Å²) in [6, 6.07) is 18.0. The number of carbonyl (C=O) groups excluding carboxylic acids is 1. The summed E-state index contributed by atoms with van der Waals surface area (Å²) in [5.74, 6) is -1.45. The molecule has 3 rings (SSSR count). The lowest BCUT2D eigenvalue weighted by atomic mass is 10.1. The molecule has 35 heavy (non-hydrogen) atoms. The average molecular weight is 549 g/mol. The third-order valence-electron chi connectivity index (χ3n) is 5.01. The fourth-order valence-electron chi connectivity index (χ4n) is 3.13. The number of para-hydroxylation sites is 1. The van der Waals surface area contributed by atoms with Crippen molar-refractivity contribution in [3.63, 3.8) is 0 Å². The fourth-order valence-corrected chi connectivity index (χ4v) is 6.13. The zero-order valence-electron chi connectivity index (χ0n) is 18.6.